The van der Waals surface area contributed by atoms with Gasteiger partial charge in [0.25, 0.3) is 0 Å². The molecule has 27 heavy (non-hydrogen) atoms. The van der Waals surface area contributed by atoms with E-state index in [2.05, 4.69) is 0 Å². The first-order chi connectivity index (χ1) is 12.9. The third-order valence-corrected chi connectivity index (χ3v) is 4.42. The second kappa shape index (κ2) is 7.22. The number of carbonyl (C=O) groups is 1. The number of rotatable bonds is 5. The van der Waals surface area contributed by atoms with Crippen molar-refractivity contribution in [1.82, 2.24) is 0 Å². The summed E-state index contributed by atoms with van der Waals surface area (Å²) in [6, 6.07) is 4.91. The van der Waals surface area contributed by atoms with Crippen molar-refractivity contribution in [2.24, 2.45) is 0 Å². The van der Waals surface area contributed by atoms with Crippen molar-refractivity contribution in [2.45, 2.75) is 18.9 Å². The summed E-state index contributed by atoms with van der Waals surface area (Å²) >= 11 is 0. The highest BCUT2D eigenvalue weighted by Crippen LogP contribution is 2.46. The average molecular weight is 376 g/mol. The van der Waals surface area contributed by atoms with Crippen LogP contribution in [0.2, 0.25) is 0 Å². The van der Waals surface area contributed by atoms with Gasteiger partial charge in [0, 0.05) is 6.07 Å². The fourth-order valence-corrected chi connectivity index (χ4v) is 3.25. The Balaban J connectivity index is 2.24. The molecule has 1 aromatic heterocycles. The predicted molar refractivity (Wildman–Crippen MR) is 94.1 cm³/mol. The quantitative estimate of drug-likeness (QED) is 0.732. The summed E-state index contributed by atoms with van der Waals surface area (Å²) in [5.74, 6) is 0.486. The Morgan fingerprint density at radius 3 is 2.15 bits per heavy atom. The van der Waals surface area contributed by atoms with Crippen molar-refractivity contribution in [3.63, 3.8) is 0 Å². The van der Waals surface area contributed by atoms with Crippen molar-refractivity contribution in [1.29, 1.82) is 0 Å². The summed E-state index contributed by atoms with van der Waals surface area (Å²) in [6.45, 7) is 1.63. The van der Waals surface area contributed by atoms with Crippen LogP contribution in [-0.2, 0) is 9.53 Å². The molecule has 144 valence electrons. The fourth-order valence-electron chi connectivity index (χ4n) is 3.25. The zero-order valence-electron chi connectivity index (χ0n) is 15.7. The number of ether oxygens (including phenoxy) is 5. The average Bonchev–Trinajstić information content (AvgIpc) is 3.05. The first kappa shape index (κ1) is 18.6. The summed E-state index contributed by atoms with van der Waals surface area (Å²) in [4.78, 5) is 24.8. The summed E-state index contributed by atoms with van der Waals surface area (Å²) in [5, 5.41) is 0. The van der Waals surface area contributed by atoms with Crippen molar-refractivity contribution in [3.8, 4) is 23.0 Å². The number of hydrogen-bond donors (Lipinski definition) is 0. The van der Waals surface area contributed by atoms with E-state index in [1.807, 2.05) is 0 Å². The highest BCUT2D eigenvalue weighted by molar-refractivity contribution is 5.79. The Labute approximate surface area is 155 Å². The summed E-state index contributed by atoms with van der Waals surface area (Å²) in [5.41, 5.74) is 0.232. The molecule has 0 saturated heterocycles. The smallest absolute Gasteiger partial charge is 0.348 e. The van der Waals surface area contributed by atoms with Crippen LogP contribution in [0.25, 0.3) is 0 Å². The van der Waals surface area contributed by atoms with Gasteiger partial charge >= 0.3 is 11.6 Å². The van der Waals surface area contributed by atoms with Crippen LogP contribution in [0.15, 0.2) is 27.4 Å². The molecule has 0 unspecified atom stereocenters. The Kier molecular flexibility index (Phi) is 4.98. The third-order valence-electron chi connectivity index (χ3n) is 4.42. The number of fused-ring (bicyclic) bond motifs is 1. The molecule has 0 radical (unpaired) electrons. The molecule has 0 saturated carbocycles. The molecule has 2 aromatic rings. The molecule has 0 amide bonds. The molecule has 0 fully saturated rings. The summed E-state index contributed by atoms with van der Waals surface area (Å²) < 4.78 is 31.9. The molecule has 2 atom stereocenters. The van der Waals surface area contributed by atoms with Gasteiger partial charge in [-0.05, 0) is 24.6 Å². The molecule has 0 bridgehead atoms. The second-order valence-corrected chi connectivity index (χ2v) is 5.92. The standard InChI is InChI=1S/C19H20O8/c1-9-6-11-15(18(20)26-9)14(17(27-11)19(21)25-5)10-7-12(22-2)16(24-4)13(8-10)23-3/h6-8,14,17H,1-5H3/t14-,17-/m0/s1. The lowest BCUT2D eigenvalue weighted by Gasteiger charge is -2.20. The normalized spacial score (nSPS) is 17.7. The molecule has 0 aliphatic carbocycles. The minimum atomic E-state index is -1.04. The van der Waals surface area contributed by atoms with Gasteiger partial charge in [-0.2, -0.15) is 0 Å². The Morgan fingerprint density at radius 2 is 1.63 bits per heavy atom. The van der Waals surface area contributed by atoms with Crippen LogP contribution >= 0.6 is 0 Å². The largest absolute Gasteiger partial charge is 0.493 e. The van der Waals surface area contributed by atoms with Gasteiger partial charge in [0.05, 0.1) is 39.9 Å². The Morgan fingerprint density at radius 1 is 1.00 bits per heavy atom. The molecular weight excluding hydrogens is 356 g/mol. The molecule has 2 heterocycles. The van der Waals surface area contributed by atoms with Crippen molar-refractivity contribution >= 4 is 5.97 Å². The zero-order valence-corrected chi connectivity index (χ0v) is 15.7. The second-order valence-electron chi connectivity index (χ2n) is 5.92. The molecular formula is C19H20O8. The highest BCUT2D eigenvalue weighted by Gasteiger charge is 2.44. The van der Waals surface area contributed by atoms with Crippen molar-refractivity contribution < 1.29 is 32.9 Å². The number of methoxy groups -OCH3 is 4. The van der Waals surface area contributed by atoms with Crippen molar-refractivity contribution in [2.75, 3.05) is 28.4 Å². The molecule has 8 nitrogen and oxygen atoms in total. The molecule has 3 rings (SSSR count). The van der Waals surface area contributed by atoms with E-state index >= 15 is 0 Å². The highest BCUT2D eigenvalue weighted by atomic mass is 16.6. The number of benzene rings is 1. The number of hydrogen-bond acceptors (Lipinski definition) is 8. The monoisotopic (exact) mass is 376 g/mol. The first-order valence-electron chi connectivity index (χ1n) is 8.14. The van der Waals surface area contributed by atoms with Crippen LogP contribution in [0, 0.1) is 6.92 Å². The molecule has 1 aliphatic rings. The van der Waals surface area contributed by atoms with E-state index in [0.717, 1.165) is 0 Å². The van der Waals surface area contributed by atoms with E-state index in [0.29, 0.717) is 28.6 Å². The van der Waals surface area contributed by atoms with Gasteiger partial charge in [-0.15, -0.1) is 0 Å². The van der Waals surface area contributed by atoms with Gasteiger partial charge in [0.15, 0.2) is 11.5 Å². The number of aryl methyl sites for hydroxylation is 1. The first-order valence-corrected chi connectivity index (χ1v) is 8.14. The van der Waals surface area contributed by atoms with E-state index < -0.39 is 23.6 Å². The maximum atomic E-state index is 12.5. The van der Waals surface area contributed by atoms with Gasteiger partial charge in [0.2, 0.25) is 11.9 Å². The summed E-state index contributed by atoms with van der Waals surface area (Å²) in [6.07, 6.45) is -1.04. The van der Waals surface area contributed by atoms with Crippen LogP contribution < -0.4 is 24.6 Å². The molecule has 1 aliphatic heterocycles. The molecule has 1 aromatic carbocycles. The zero-order chi connectivity index (χ0) is 19.7. The van der Waals surface area contributed by atoms with Crippen LogP contribution in [0.5, 0.6) is 23.0 Å². The topological polar surface area (TPSA) is 93.4 Å². The lowest BCUT2D eigenvalue weighted by molar-refractivity contribution is -0.148. The lowest BCUT2D eigenvalue weighted by atomic mass is 9.88. The van der Waals surface area contributed by atoms with Crippen LogP contribution in [0.1, 0.15) is 22.8 Å². The molecule has 0 spiro atoms. The van der Waals surface area contributed by atoms with Crippen molar-refractivity contribution in [3.05, 3.63) is 45.5 Å². The van der Waals surface area contributed by atoms with E-state index in [9.17, 15) is 9.59 Å². The number of esters is 1. The van der Waals surface area contributed by atoms with Gasteiger partial charge < -0.3 is 28.1 Å². The van der Waals surface area contributed by atoms with Crippen LogP contribution in [-0.4, -0.2) is 40.5 Å². The SMILES string of the molecule is COC(=O)[C@H]1Oc2cc(C)oc(=O)c2[C@@H]1c1cc(OC)c(OC)c(OC)c1. The van der Waals surface area contributed by atoms with Gasteiger partial charge in [-0.3, -0.25) is 0 Å². The van der Waals surface area contributed by atoms with Gasteiger partial charge in [-0.25, -0.2) is 9.59 Å². The lowest BCUT2D eigenvalue weighted by Crippen LogP contribution is -2.31. The fraction of sp³-hybridized carbons (Fsp3) is 0.368. The van der Waals surface area contributed by atoms with E-state index in [1.54, 1.807) is 25.1 Å². The van der Waals surface area contributed by atoms with Gasteiger partial charge in [0.1, 0.15) is 11.5 Å². The predicted octanol–water partition coefficient (Wildman–Crippen LogP) is 2.04. The maximum absolute atomic E-state index is 12.5. The van der Waals surface area contributed by atoms with Gasteiger partial charge in [-0.1, -0.05) is 0 Å². The van der Waals surface area contributed by atoms with E-state index in [-0.39, 0.29) is 11.3 Å². The minimum Gasteiger partial charge on any atom is -0.493 e. The summed E-state index contributed by atoms with van der Waals surface area (Å²) in [7, 11) is 5.71. The minimum absolute atomic E-state index is 0.241. The van der Waals surface area contributed by atoms with Crippen LogP contribution in [0.3, 0.4) is 0 Å². The third kappa shape index (κ3) is 3.07. The number of carbonyl (C=O) groups excluding carboxylic acids is 1. The molecule has 0 N–H and O–H groups in total. The molecule has 8 heteroatoms. The van der Waals surface area contributed by atoms with E-state index in [1.165, 1.54) is 28.4 Å². The Hall–Kier alpha value is -3.16. The van der Waals surface area contributed by atoms with Crippen LogP contribution in [0.4, 0.5) is 0 Å². The van der Waals surface area contributed by atoms with E-state index in [4.69, 9.17) is 28.1 Å². The maximum Gasteiger partial charge on any atom is 0.348 e. The Bertz CT molecular complexity index is 905.